The summed E-state index contributed by atoms with van der Waals surface area (Å²) >= 11 is 5.86. The molecule has 1 radical (unpaired) electrons. The first-order valence-electron chi connectivity index (χ1n) is 5.74. The van der Waals surface area contributed by atoms with E-state index < -0.39 is 9.84 Å². The van der Waals surface area contributed by atoms with Gasteiger partial charge in [-0.3, -0.25) is 5.11 Å². The maximum Gasteiger partial charge on any atom is 0.186 e. The van der Waals surface area contributed by atoms with Gasteiger partial charge in [-0.2, -0.15) is 0 Å². The molecule has 0 bridgehead atoms. The van der Waals surface area contributed by atoms with Crippen molar-refractivity contribution in [3.05, 3.63) is 47.5 Å². The van der Waals surface area contributed by atoms with Crippen molar-refractivity contribution < 1.29 is 13.5 Å². The third-order valence-electron chi connectivity index (χ3n) is 2.85. The van der Waals surface area contributed by atoms with E-state index in [9.17, 15) is 13.5 Å². The van der Waals surface area contributed by atoms with Crippen LogP contribution in [0.3, 0.4) is 0 Å². The van der Waals surface area contributed by atoms with E-state index in [-0.39, 0.29) is 16.4 Å². The maximum absolute atomic E-state index is 11.7. The average Bonchev–Trinajstić information content (AvgIpc) is 2.42. The van der Waals surface area contributed by atoms with Gasteiger partial charge in [0, 0.05) is 10.6 Å². The summed E-state index contributed by atoms with van der Waals surface area (Å²) < 4.78 is 23.4. The van der Waals surface area contributed by atoms with Gasteiger partial charge in [-0.25, -0.2) is 8.42 Å². The number of hydrogen-bond donors (Lipinski definition) is 0. The van der Waals surface area contributed by atoms with E-state index in [1.807, 2.05) is 0 Å². The van der Waals surface area contributed by atoms with Crippen LogP contribution in [-0.4, -0.2) is 14.2 Å². The molecule has 0 N–H and O–H groups in total. The van der Waals surface area contributed by atoms with Gasteiger partial charge in [-0.05, 0) is 35.9 Å². The monoisotopic (exact) mass is 295 g/mol. The SMILES string of the molecule is CCS(=O)(=O)c1ccc(-c2cc(Cl)ccc2[O])cc1. The lowest BCUT2D eigenvalue weighted by Crippen LogP contribution is -2.03. The fourth-order valence-corrected chi connectivity index (χ4v) is 2.79. The first-order valence-corrected chi connectivity index (χ1v) is 7.77. The van der Waals surface area contributed by atoms with Crippen LogP contribution in [0.1, 0.15) is 6.92 Å². The van der Waals surface area contributed by atoms with E-state index in [1.165, 1.54) is 24.3 Å². The molecule has 0 unspecified atom stereocenters. The van der Waals surface area contributed by atoms with Gasteiger partial charge in [-0.15, -0.1) is 0 Å². The Morgan fingerprint density at radius 1 is 1.05 bits per heavy atom. The molecule has 0 aromatic heterocycles. The Hall–Kier alpha value is -1.52. The normalized spacial score (nSPS) is 11.5. The lowest BCUT2D eigenvalue weighted by Gasteiger charge is -2.05. The predicted molar refractivity (Wildman–Crippen MR) is 74.7 cm³/mol. The van der Waals surface area contributed by atoms with Gasteiger partial charge in [0.15, 0.2) is 15.6 Å². The van der Waals surface area contributed by atoms with Crippen LogP contribution in [0.15, 0.2) is 47.4 Å². The van der Waals surface area contributed by atoms with Crippen LogP contribution in [-0.2, 0) is 14.9 Å². The highest BCUT2D eigenvalue weighted by atomic mass is 35.5. The smallest absolute Gasteiger partial charge is 0.186 e. The van der Waals surface area contributed by atoms with Crippen LogP contribution in [0.2, 0.25) is 5.02 Å². The molecule has 0 heterocycles. The van der Waals surface area contributed by atoms with Crippen LogP contribution in [0.25, 0.3) is 11.1 Å². The minimum Gasteiger partial charge on any atom is -0.289 e. The van der Waals surface area contributed by atoms with Crippen molar-refractivity contribution in [2.24, 2.45) is 0 Å². The van der Waals surface area contributed by atoms with Gasteiger partial charge in [0.2, 0.25) is 0 Å². The van der Waals surface area contributed by atoms with Gasteiger partial charge in [0.25, 0.3) is 0 Å². The molecule has 0 saturated carbocycles. The van der Waals surface area contributed by atoms with E-state index in [0.717, 1.165) is 0 Å². The molecule has 5 heteroatoms. The Balaban J connectivity index is 2.46. The van der Waals surface area contributed by atoms with Crippen LogP contribution in [0.4, 0.5) is 0 Å². The Morgan fingerprint density at radius 3 is 2.26 bits per heavy atom. The molecule has 0 aliphatic carbocycles. The summed E-state index contributed by atoms with van der Waals surface area (Å²) in [5.74, 6) is -0.0912. The minimum absolute atomic E-state index is 0.0519. The Kier molecular flexibility index (Phi) is 3.83. The molecule has 0 fully saturated rings. The third-order valence-corrected chi connectivity index (χ3v) is 4.83. The second-order valence-corrected chi connectivity index (χ2v) is 6.78. The van der Waals surface area contributed by atoms with Crippen LogP contribution in [0, 0.1) is 0 Å². The molecule has 3 nitrogen and oxygen atoms in total. The first-order chi connectivity index (χ1) is 8.94. The maximum atomic E-state index is 11.7. The fraction of sp³-hybridized carbons (Fsp3) is 0.143. The van der Waals surface area contributed by atoms with E-state index >= 15 is 0 Å². The average molecular weight is 296 g/mol. The lowest BCUT2D eigenvalue weighted by atomic mass is 10.1. The summed E-state index contributed by atoms with van der Waals surface area (Å²) in [5, 5.41) is 12.2. The quantitative estimate of drug-likeness (QED) is 0.861. The number of hydrogen-bond acceptors (Lipinski definition) is 2. The largest absolute Gasteiger partial charge is 0.289 e. The van der Waals surface area contributed by atoms with Crippen molar-refractivity contribution in [3.8, 4) is 16.9 Å². The molecule has 0 aliphatic rings. The summed E-state index contributed by atoms with van der Waals surface area (Å²) in [5.41, 5.74) is 1.12. The molecule has 19 heavy (non-hydrogen) atoms. The molecule has 0 spiro atoms. The van der Waals surface area contributed by atoms with Crippen molar-refractivity contribution in [1.29, 1.82) is 0 Å². The number of benzene rings is 2. The number of halogens is 1. The summed E-state index contributed by atoms with van der Waals surface area (Å²) in [7, 11) is -3.22. The van der Waals surface area contributed by atoms with Crippen molar-refractivity contribution in [2.75, 3.05) is 5.75 Å². The zero-order valence-corrected chi connectivity index (χ0v) is 11.8. The standard InChI is InChI=1S/C14H12ClO3S/c1-2-19(17,18)12-6-3-10(4-7-12)13-9-11(15)5-8-14(13)16/h3-9H,2H2,1H3. The molecule has 2 aromatic rings. The number of sulfone groups is 1. The molecule has 99 valence electrons. The van der Waals surface area contributed by atoms with E-state index in [2.05, 4.69) is 0 Å². The molecule has 0 aliphatic heterocycles. The van der Waals surface area contributed by atoms with Crippen molar-refractivity contribution in [2.45, 2.75) is 11.8 Å². The van der Waals surface area contributed by atoms with Crippen LogP contribution in [0.5, 0.6) is 5.75 Å². The highest BCUT2D eigenvalue weighted by Crippen LogP contribution is 2.32. The van der Waals surface area contributed by atoms with Gasteiger partial charge in [0.05, 0.1) is 10.6 Å². The fourth-order valence-electron chi connectivity index (χ4n) is 1.74. The summed E-state index contributed by atoms with van der Waals surface area (Å²) in [6.07, 6.45) is 0. The van der Waals surface area contributed by atoms with Crippen LogP contribution < -0.4 is 0 Å². The zero-order valence-electron chi connectivity index (χ0n) is 10.3. The van der Waals surface area contributed by atoms with Gasteiger partial charge in [-0.1, -0.05) is 30.7 Å². The Morgan fingerprint density at radius 2 is 1.68 bits per heavy atom. The van der Waals surface area contributed by atoms with E-state index in [4.69, 9.17) is 11.6 Å². The second kappa shape index (κ2) is 5.23. The van der Waals surface area contributed by atoms with E-state index in [0.29, 0.717) is 16.1 Å². The Labute approximate surface area is 117 Å². The summed E-state index contributed by atoms with van der Waals surface area (Å²) in [4.78, 5) is 0.258. The molecule has 2 aromatic carbocycles. The molecule has 0 atom stereocenters. The summed E-state index contributed by atoms with van der Waals surface area (Å²) in [6, 6.07) is 10.8. The van der Waals surface area contributed by atoms with Gasteiger partial charge < -0.3 is 0 Å². The Bertz CT molecular complexity index is 691. The number of rotatable bonds is 3. The highest BCUT2D eigenvalue weighted by molar-refractivity contribution is 7.91. The zero-order chi connectivity index (χ0) is 14.0. The molecule has 0 amide bonds. The topological polar surface area (TPSA) is 54.0 Å². The molecular formula is C14H12ClO3S. The first kappa shape index (κ1) is 13.9. The van der Waals surface area contributed by atoms with Crippen molar-refractivity contribution >= 4 is 21.4 Å². The molecule has 2 rings (SSSR count). The molecular weight excluding hydrogens is 284 g/mol. The van der Waals surface area contributed by atoms with Gasteiger partial charge in [0.1, 0.15) is 0 Å². The second-order valence-electron chi connectivity index (χ2n) is 4.07. The molecule has 0 saturated heterocycles. The summed E-state index contributed by atoms with van der Waals surface area (Å²) in [6.45, 7) is 1.59. The van der Waals surface area contributed by atoms with Crippen LogP contribution >= 0.6 is 11.6 Å². The van der Waals surface area contributed by atoms with E-state index in [1.54, 1.807) is 25.1 Å². The van der Waals surface area contributed by atoms with Gasteiger partial charge >= 0.3 is 0 Å². The minimum atomic E-state index is -3.22. The highest BCUT2D eigenvalue weighted by Gasteiger charge is 2.12. The lowest BCUT2D eigenvalue weighted by molar-refractivity contribution is 0.356. The predicted octanol–water partition coefficient (Wildman–Crippen LogP) is 3.94. The van der Waals surface area contributed by atoms with Crippen molar-refractivity contribution in [3.63, 3.8) is 0 Å². The third kappa shape index (κ3) is 2.91. The van der Waals surface area contributed by atoms with Crippen molar-refractivity contribution in [1.82, 2.24) is 0 Å².